The molecule has 1 fully saturated rings. The first-order valence-electron chi connectivity index (χ1n) is 9.63. The average Bonchev–Trinajstić information content (AvgIpc) is 2.68. The van der Waals surface area contributed by atoms with Gasteiger partial charge in [-0.05, 0) is 42.2 Å². The van der Waals surface area contributed by atoms with E-state index in [0.29, 0.717) is 17.7 Å². The number of nitrogens with zero attached hydrogens (tertiary/aromatic N) is 3. The predicted octanol–water partition coefficient (Wildman–Crippen LogP) is 3.67. The van der Waals surface area contributed by atoms with Crippen LogP contribution in [0.5, 0.6) is 0 Å². The first-order chi connectivity index (χ1) is 13.3. The maximum atomic E-state index is 11.8. The minimum absolute atomic E-state index is 0.108. The van der Waals surface area contributed by atoms with Crippen LogP contribution in [-0.4, -0.2) is 28.9 Å². The van der Waals surface area contributed by atoms with Gasteiger partial charge in [-0.2, -0.15) is 0 Å². The van der Waals surface area contributed by atoms with Crippen LogP contribution in [0.4, 0.5) is 11.5 Å². The molecular formula is C21H26N4O3. The third-order valence-corrected chi connectivity index (χ3v) is 5.41. The van der Waals surface area contributed by atoms with Gasteiger partial charge in [-0.15, -0.1) is 0 Å². The highest BCUT2D eigenvalue weighted by atomic mass is 16.6. The number of primary amides is 1. The van der Waals surface area contributed by atoms with Gasteiger partial charge in [0.05, 0.1) is 10.5 Å². The van der Waals surface area contributed by atoms with Gasteiger partial charge in [-0.3, -0.25) is 14.9 Å². The molecule has 148 valence electrons. The second kappa shape index (κ2) is 8.37. The van der Waals surface area contributed by atoms with Crippen LogP contribution in [-0.2, 0) is 6.42 Å². The van der Waals surface area contributed by atoms with Crippen molar-refractivity contribution in [3.8, 4) is 0 Å². The summed E-state index contributed by atoms with van der Waals surface area (Å²) < 4.78 is 0. The molecule has 0 bridgehead atoms. The molecule has 1 aromatic carbocycles. The molecular weight excluding hydrogens is 356 g/mol. The fourth-order valence-corrected chi connectivity index (χ4v) is 3.70. The van der Waals surface area contributed by atoms with Crippen LogP contribution in [0.1, 0.15) is 54.1 Å². The number of pyridine rings is 1. The van der Waals surface area contributed by atoms with Gasteiger partial charge in [0.2, 0.25) is 0 Å². The van der Waals surface area contributed by atoms with Crippen LogP contribution in [0, 0.1) is 16.0 Å². The molecule has 1 aromatic heterocycles. The summed E-state index contributed by atoms with van der Waals surface area (Å²) in [7, 11) is 0. The maximum Gasteiger partial charge on any atom is 0.288 e. The number of carbonyl (C=O) groups is 1. The number of nitro groups is 1. The van der Waals surface area contributed by atoms with Crippen LogP contribution >= 0.6 is 0 Å². The number of rotatable bonds is 6. The molecule has 0 spiro atoms. The number of carbonyl (C=O) groups excluding carboxylic acids is 1. The summed E-state index contributed by atoms with van der Waals surface area (Å²) in [6.07, 6.45) is 4.17. The number of aromatic nitrogens is 1. The summed E-state index contributed by atoms with van der Waals surface area (Å²) in [6, 6.07) is 10.0. The van der Waals surface area contributed by atoms with Crippen molar-refractivity contribution in [2.75, 3.05) is 18.0 Å². The van der Waals surface area contributed by atoms with Gasteiger partial charge in [-0.25, -0.2) is 4.98 Å². The Balaban J connectivity index is 1.65. The number of piperidine rings is 1. The molecule has 0 radical (unpaired) electrons. The van der Waals surface area contributed by atoms with Crippen molar-refractivity contribution in [3.63, 3.8) is 0 Å². The largest absolute Gasteiger partial charge is 0.365 e. The fourth-order valence-electron chi connectivity index (χ4n) is 3.70. The topological polar surface area (TPSA) is 102 Å². The summed E-state index contributed by atoms with van der Waals surface area (Å²) in [5, 5.41) is 10.9. The fraction of sp³-hybridized carbons (Fsp3) is 0.429. The second-order valence-corrected chi connectivity index (χ2v) is 7.72. The summed E-state index contributed by atoms with van der Waals surface area (Å²) in [5.41, 5.74) is 8.00. The quantitative estimate of drug-likeness (QED) is 0.606. The summed E-state index contributed by atoms with van der Waals surface area (Å²) in [4.78, 5) is 28.3. The van der Waals surface area contributed by atoms with Crippen molar-refractivity contribution >= 4 is 17.4 Å². The van der Waals surface area contributed by atoms with Gasteiger partial charge >= 0.3 is 0 Å². The minimum atomic E-state index is -0.696. The zero-order valence-electron chi connectivity index (χ0n) is 16.3. The first-order valence-corrected chi connectivity index (χ1v) is 9.63. The van der Waals surface area contributed by atoms with Crippen molar-refractivity contribution in [1.82, 2.24) is 4.98 Å². The number of amides is 1. The molecule has 28 heavy (non-hydrogen) atoms. The monoisotopic (exact) mass is 382 g/mol. The molecule has 1 amide bonds. The van der Waals surface area contributed by atoms with E-state index in [1.165, 1.54) is 23.4 Å². The molecule has 1 aliphatic rings. The van der Waals surface area contributed by atoms with Crippen molar-refractivity contribution < 1.29 is 9.72 Å². The van der Waals surface area contributed by atoms with E-state index in [-0.39, 0.29) is 11.3 Å². The highest BCUT2D eigenvalue weighted by molar-refractivity contribution is 5.98. The molecule has 2 aromatic rings. The number of anilines is 1. The normalized spacial score (nSPS) is 15.0. The van der Waals surface area contributed by atoms with Gasteiger partial charge in [0.15, 0.2) is 0 Å². The molecule has 7 nitrogen and oxygen atoms in total. The average molecular weight is 382 g/mol. The number of benzene rings is 1. The van der Waals surface area contributed by atoms with Crippen LogP contribution in [0.3, 0.4) is 0 Å². The summed E-state index contributed by atoms with van der Waals surface area (Å²) in [6.45, 7) is 5.88. The van der Waals surface area contributed by atoms with E-state index in [2.05, 4.69) is 43.1 Å². The van der Waals surface area contributed by atoms with E-state index in [1.807, 2.05) is 4.90 Å². The molecule has 2 heterocycles. The lowest BCUT2D eigenvalue weighted by molar-refractivity contribution is -0.385. The Morgan fingerprint density at radius 1 is 1.29 bits per heavy atom. The number of hydrogen-bond donors (Lipinski definition) is 1. The predicted molar refractivity (Wildman–Crippen MR) is 109 cm³/mol. The molecule has 7 heteroatoms. The highest BCUT2D eigenvalue weighted by Crippen LogP contribution is 2.28. The van der Waals surface area contributed by atoms with E-state index in [1.54, 1.807) is 0 Å². The zero-order chi connectivity index (χ0) is 20.3. The van der Waals surface area contributed by atoms with Gasteiger partial charge in [-0.1, -0.05) is 38.1 Å². The highest BCUT2D eigenvalue weighted by Gasteiger charge is 2.25. The van der Waals surface area contributed by atoms with Gasteiger partial charge < -0.3 is 10.6 Å². The second-order valence-electron chi connectivity index (χ2n) is 7.72. The third-order valence-electron chi connectivity index (χ3n) is 5.41. The summed E-state index contributed by atoms with van der Waals surface area (Å²) in [5.74, 6) is 0.846. The lowest BCUT2D eigenvalue weighted by Crippen LogP contribution is -2.36. The molecule has 0 atom stereocenters. The van der Waals surface area contributed by atoms with Gasteiger partial charge in [0.25, 0.3) is 11.6 Å². The van der Waals surface area contributed by atoms with Crippen LogP contribution in [0.15, 0.2) is 36.5 Å². The molecule has 1 saturated heterocycles. The van der Waals surface area contributed by atoms with E-state index in [0.717, 1.165) is 32.4 Å². The maximum absolute atomic E-state index is 11.8. The Bertz CT molecular complexity index is 856. The van der Waals surface area contributed by atoms with Crippen molar-refractivity contribution in [3.05, 3.63) is 63.3 Å². The molecule has 1 aliphatic heterocycles. The van der Waals surface area contributed by atoms with E-state index >= 15 is 0 Å². The Kier molecular flexibility index (Phi) is 5.92. The minimum Gasteiger partial charge on any atom is -0.365 e. The Morgan fingerprint density at radius 2 is 1.93 bits per heavy atom. The smallest absolute Gasteiger partial charge is 0.288 e. The molecule has 2 N–H and O–H groups in total. The van der Waals surface area contributed by atoms with Crippen LogP contribution in [0.2, 0.25) is 0 Å². The Hall–Kier alpha value is -2.96. The third kappa shape index (κ3) is 4.47. The van der Waals surface area contributed by atoms with Gasteiger partial charge in [0, 0.05) is 19.2 Å². The van der Waals surface area contributed by atoms with E-state index in [4.69, 9.17) is 5.73 Å². The zero-order valence-corrected chi connectivity index (χ0v) is 16.3. The summed E-state index contributed by atoms with van der Waals surface area (Å²) >= 11 is 0. The molecule has 3 rings (SSSR count). The van der Waals surface area contributed by atoms with Crippen molar-refractivity contribution in [2.45, 2.75) is 39.0 Å². The van der Waals surface area contributed by atoms with E-state index in [9.17, 15) is 14.9 Å². The number of hydrogen-bond acceptors (Lipinski definition) is 5. The first kappa shape index (κ1) is 19.8. The molecule has 0 saturated carbocycles. The number of nitrogens with two attached hydrogens (primary N) is 1. The van der Waals surface area contributed by atoms with Crippen molar-refractivity contribution in [2.24, 2.45) is 11.7 Å². The van der Waals surface area contributed by atoms with Crippen LogP contribution < -0.4 is 10.6 Å². The Morgan fingerprint density at radius 3 is 2.46 bits per heavy atom. The lowest BCUT2D eigenvalue weighted by Gasteiger charge is -2.33. The van der Waals surface area contributed by atoms with E-state index < -0.39 is 10.8 Å². The van der Waals surface area contributed by atoms with Crippen LogP contribution in [0.25, 0.3) is 0 Å². The lowest BCUT2D eigenvalue weighted by atomic mass is 9.89. The molecule has 0 unspecified atom stereocenters. The Labute approximate surface area is 164 Å². The molecule has 0 aliphatic carbocycles. The van der Waals surface area contributed by atoms with Crippen molar-refractivity contribution in [1.29, 1.82) is 0 Å². The SMILES string of the molecule is CC(C)c1ccc(CC2CCN(c3ncc([N+](=O)[O-])cc3C(N)=O)CC2)cc1. The van der Waals surface area contributed by atoms with Gasteiger partial charge in [0.1, 0.15) is 12.0 Å². The standard InChI is InChI=1S/C21H26N4O3/c1-14(2)17-5-3-15(4-6-17)11-16-7-9-24(10-8-16)21-19(20(22)26)12-18(13-23-21)25(27)28/h3-6,12-14,16H,7-11H2,1-2H3,(H2,22,26).